The Hall–Kier alpha value is -1.55. The van der Waals surface area contributed by atoms with Crippen molar-refractivity contribution in [1.82, 2.24) is 0 Å². The number of methoxy groups -OCH3 is 1. The minimum atomic E-state index is -0.351. The van der Waals surface area contributed by atoms with Crippen molar-refractivity contribution in [2.45, 2.75) is 0 Å². The van der Waals surface area contributed by atoms with Gasteiger partial charge in [0.25, 0.3) is 0 Å². The average molecular weight is 280 g/mol. The molecule has 0 radical (unpaired) electrons. The normalized spacial score (nSPS) is 13.2. The van der Waals surface area contributed by atoms with Crippen LogP contribution in [0.15, 0.2) is 40.5 Å². The molecule has 1 aliphatic heterocycles. The molecule has 0 spiro atoms. The van der Waals surface area contributed by atoms with Crippen molar-refractivity contribution in [3.8, 4) is 0 Å². The third-order valence-electron chi connectivity index (χ3n) is 2.26. The maximum absolute atomic E-state index is 11.3. The fourth-order valence-corrected chi connectivity index (χ4v) is 1.81. The molecular weight excluding hydrogens is 270 g/mol. The number of nitrogens with one attached hydrogen (secondary N) is 1. The summed E-state index contributed by atoms with van der Waals surface area (Å²) in [5, 5.41) is 3.07. The van der Waals surface area contributed by atoms with Crippen molar-refractivity contribution in [2.24, 2.45) is 0 Å². The molecule has 16 heavy (non-hydrogen) atoms. The first kappa shape index (κ1) is 11.0. The molecule has 0 atom stereocenters. The number of rotatable bonds is 1. The maximum atomic E-state index is 11.3. The highest BCUT2D eigenvalue weighted by Gasteiger charge is 2.09. The van der Waals surface area contributed by atoms with Crippen LogP contribution in [0.2, 0.25) is 0 Å². The molecule has 1 aromatic rings. The molecule has 0 bridgehead atoms. The van der Waals surface area contributed by atoms with E-state index in [4.69, 9.17) is 0 Å². The number of fused-ring (bicyclic) bond motifs is 1. The summed E-state index contributed by atoms with van der Waals surface area (Å²) >= 11 is 3.40. The summed E-state index contributed by atoms with van der Waals surface area (Å²) in [6.45, 7) is 0. The lowest BCUT2D eigenvalue weighted by Gasteiger charge is -2.04. The van der Waals surface area contributed by atoms with Crippen LogP contribution in [0, 0.1) is 0 Å². The molecule has 0 aliphatic carbocycles. The third-order valence-corrected chi connectivity index (χ3v) is 2.75. The molecule has 4 heteroatoms. The number of carbonyl (C=O) groups is 1. The number of hydrogen-bond acceptors (Lipinski definition) is 3. The number of carbonyl (C=O) groups excluding carboxylic acids is 1. The molecular formula is C12H10BrNO2. The van der Waals surface area contributed by atoms with Gasteiger partial charge in [0.2, 0.25) is 0 Å². The van der Waals surface area contributed by atoms with E-state index < -0.39 is 0 Å². The molecule has 0 unspecified atom stereocenters. The van der Waals surface area contributed by atoms with Gasteiger partial charge >= 0.3 is 5.97 Å². The van der Waals surface area contributed by atoms with Crippen LogP contribution in [0.5, 0.6) is 0 Å². The molecule has 0 saturated carbocycles. The summed E-state index contributed by atoms with van der Waals surface area (Å²) in [7, 11) is 1.37. The average Bonchev–Trinajstić information content (AvgIpc) is 2.50. The summed E-state index contributed by atoms with van der Waals surface area (Å²) in [4.78, 5) is 11.3. The molecule has 0 amide bonds. The second kappa shape index (κ2) is 4.53. The lowest BCUT2D eigenvalue weighted by atomic mass is 10.1. The fraction of sp³-hybridized carbons (Fsp3) is 0.0833. The van der Waals surface area contributed by atoms with Crippen molar-refractivity contribution in [2.75, 3.05) is 12.4 Å². The number of halogens is 1. The predicted molar refractivity (Wildman–Crippen MR) is 66.9 cm³/mol. The van der Waals surface area contributed by atoms with Crippen LogP contribution in [-0.4, -0.2) is 13.1 Å². The van der Waals surface area contributed by atoms with Crippen molar-refractivity contribution in [1.29, 1.82) is 0 Å². The fourth-order valence-electron chi connectivity index (χ4n) is 1.43. The number of benzene rings is 1. The molecule has 3 nitrogen and oxygen atoms in total. The lowest BCUT2D eigenvalue weighted by molar-refractivity contribution is -0.135. The quantitative estimate of drug-likeness (QED) is 0.804. The van der Waals surface area contributed by atoms with Gasteiger partial charge in [-0.2, -0.15) is 0 Å². The first-order chi connectivity index (χ1) is 7.70. The van der Waals surface area contributed by atoms with Crippen molar-refractivity contribution < 1.29 is 9.53 Å². The van der Waals surface area contributed by atoms with E-state index in [-0.39, 0.29) is 5.97 Å². The first-order valence-electron chi connectivity index (χ1n) is 4.73. The molecule has 2 rings (SSSR count). The van der Waals surface area contributed by atoms with Gasteiger partial charge in [-0.1, -0.05) is 22.0 Å². The SMILES string of the molecule is COC(=O)C1=CNc2ccc(Br)cc2C=C1. The van der Waals surface area contributed by atoms with Crippen molar-refractivity contribution >= 4 is 33.7 Å². The lowest BCUT2D eigenvalue weighted by Crippen LogP contribution is -2.03. The molecule has 1 aromatic carbocycles. The highest BCUT2D eigenvalue weighted by atomic mass is 79.9. The minimum absolute atomic E-state index is 0.351. The number of anilines is 1. The zero-order valence-electron chi connectivity index (χ0n) is 8.66. The Kier molecular flexibility index (Phi) is 3.10. The summed E-state index contributed by atoms with van der Waals surface area (Å²) < 4.78 is 5.66. The van der Waals surface area contributed by atoms with E-state index in [9.17, 15) is 4.79 Å². The second-order valence-electron chi connectivity index (χ2n) is 3.30. The van der Waals surface area contributed by atoms with E-state index in [0.717, 1.165) is 15.7 Å². The monoisotopic (exact) mass is 279 g/mol. The summed E-state index contributed by atoms with van der Waals surface area (Å²) in [5.74, 6) is -0.351. The van der Waals surface area contributed by atoms with Gasteiger partial charge in [-0.3, -0.25) is 0 Å². The van der Waals surface area contributed by atoms with Gasteiger partial charge in [0.1, 0.15) is 0 Å². The van der Waals surface area contributed by atoms with E-state index in [1.165, 1.54) is 7.11 Å². The van der Waals surface area contributed by atoms with Crippen LogP contribution in [-0.2, 0) is 9.53 Å². The Morgan fingerprint density at radius 1 is 1.38 bits per heavy atom. The molecule has 0 saturated heterocycles. The van der Waals surface area contributed by atoms with Crippen LogP contribution in [0.3, 0.4) is 0 Å². The maximum Gasteiger partial charge on any atom is 0.339 e. The van der Waals surface area contributed by atoms with Crippen LogP contribution in [0.25, 0.3) is 6.08 Å². The minimum Gasteiger partial charge on any atom is -0.465 e. The van der Waals surface area contributed by atoms with Gasteiger partial charge in [-0.15, -0.1) is 0 Å². The standard InChI is InChI=1S/C12H10BrNO2/c1-16-12(15)9-3-2-8-6-10(13)4-5-11(8)14-7-9/h2-7,14H,1H3. The van der Waals surface area contributed by atoms with Crippen LogP contribution in [0.1, 0.15) is 5.56 Å². The molecule has 82 valence electrons. The van der Waals surface area contributed by atoms with Gasteiger partial charge in [0, 0.05) is 16.4 Å². The van der Waals surface area contributed by atoms with Crippen LogP contribution in [0.4, 0.5) is 5.69 Å². The largest absolute Gasteiger partial charge is 0.465 e. The van der Waals surface area contributed by atoms with Crippen molar-refractivity contribution in [3.63, 3.8) is 0 Å². The molecule has 0 aromatic heterocycles. The topological polar surface area (TPSA) is 38.3 Å². The van der Waals surface area contributed by atoms with Gasteiger partial charge in [0.05, 0.1) is 12.7 Å². The van der Waals surface area contributed by atoms with Gasteiger partial charge in [-0.25, -0.2) is 4.79 Å². The molecule has 1 N–H and O–H groups in total. The van der Waals surface area contributed by atoms with Gasteiger partial charge < -0.3 is 10.1 Å². The molecule has 1 heterocycles. The summed E-state index contributed by atoms with van der Waals surface area (Å²) in [6, 6.07) is 5.87. The summed E-state index contributed by atoms with van der Waals surface area (Å²) in [5.41, 5.74) is 2.47. The smallest absolute Gasteiger partial charge is 0.339 e. The van der Waals surface area contributed by atoms with Gasteiger partial charge in [-0.05, 0) is 29.8 Å². The molecule has 0 fully saturated rings. The van der Waals surface area contributed by atoms with Gasteiger partial charge in [0.15, 0.2) is 0 Å². The number of esters is 1. The van der Waals surface area contributed by atoms with Crippen molar-refractivity contribution in [3.05, 3.63) is 46.1 Å². The van der Waals surface area contributed by atoms with E-state index in [2.05, 4.69) is 26.0 Å². The van der Waals surface area contributed by atoms with E-state index in [1.807, 2.05) is 24.3 Å². The Labute approximate surface area is 102 Å². The first-order valence-corrected chi connectivity index (χ1v) is 5.52. The van der Waals surface area contributed by atoms with Crippen LogP contribution < -0.4 is 5.32 Å². The Morgan fingerprint density at radius 2 is 2.19 bits per heavy atom. The second-order valence-corrected chi connectivity index (χ2v) is 4.22. The zero-order chi connectivity index (χ0) is 11.5. The third kappa shape index (κ3) is 2.17. The Bertz CT molecular complexity index is 492. The highest BCUT2D eigenvalue weighted by Crippen LogP contribution is 2.25. The Balaban J connectivity index is 2.36. The van der Waals surface area contributed by atoms with Crippen LogP contribution >= 0.6 is 15.9 Å². The number of hydrogen-bond donors (Lipinski definition) is 1. The van der Waals surface area contributed by atoms with E-state index >= 15 is 0 Å². The predicted octanol–water partition coefficient (Wildman–Crippen LogP) is 2.94. The summed E-state index contributed by atoms with van der Waals surface area (Å²) in [6.07, 6.45) is 5.25. The highest BCUT2D eigenvalue weighted by molar-refractivity contribution is 9.10. The number of ether oxygens (including phenoxy) is 1. The van der Waals surface area contributed by atoms with E-state index in [1.54, 1.807) is 12.3 Å². The zero-order valence-corrected chi connectivity index (χ0v) is 10.2. The Morgan fingerprint density at radius 3 is 2.94 bits per heavy atom. The molecule has 1 aliphatic rings. The van der Waals surface area contributed by atoms with E-state index in [0.29, 0.717) is 5.57 Å².